The molecule has 1 rings (SSSR count). The molecular weight excluding hydrogens is 313 g/mol. The molecule has 2 amide bonds. The average Bonchev–Trinajstić information content (AvgIpc) is 2.50. The maximum atomic E-state index is 12.7. The smallest absolute Gasteiger partial charge is 0.409 e. The van der Waals surface area contributed by atoms with Gasteiger partial charge in [-0.25, -0.2) is 4.79 Å². The summed E-state index contributed by atoms with van der Waals surface area (Å²) in [4.78, 5) is 26.5. The van der Waals surface area contributed by atoms with Crippen molar-refractivity contribution >= 4 is 12.0 Å². The number of carbonyl (C=O) groups excluding carboxylic acids is 2. The van der Waals surface area contributed by atoms with E-state index in [1.54, 1.807) is 6.92 Å². The number of rotatable bonds is 6. The Labute approximate surface area is 134 Å². The predicted octanol–water partition coefficient (Wildman–Crippen LogP) is 3.05. The van der Waals surface area contributed by atoms with Gasteiger partial charge in [0.25, 0.3) is 0 Å². The first-order valence-electron chi connectivity index (χ1n) is 8.05. The molecule has 1 atom stereocenters. The van der Waals surface area contributed by atoms with Crippen molar-refractivity contribution in [3.05, 3.63) is 0 Å². The van der Waals surface area contributed by atoms with Crippen molar-refractivity contribution in [2.24, 2.45) is 5.92 Å². The number of hydrogen-bond donors (Lipinski definition) is 0. The minimum atomic E-state index is -4.42. The Kier molecular flexibility index (Phi) is 7.64. The number of ether oxygens (including phenoxy) is 1. The van der Waals surface area contributed by atoms with Gasteiger partial charge in [0.2, 0.25) is 5.91 Å². The number of halogens is 3. The van der Waals surface area contributed by atoms with Gasteiger partial charge < -0.3 is 14.5 Å². The number of alkyl halides is 3. The molecule has 1 aliphatic rings. The van der Waals surface area contributed by atoms with Crippen molar-refractivity contribution < 1.29 is 27.5 Å². The van der Waals surface area contributed by atoms with Crippen LogP contribution in [0.25, 0.3) is 0 Å². The lowest BCUT2D eigenvalue weighted by molar-refractivity contribution is -0.164. The van der Waals surface area contributed by atoms with Crippen LogP contribution >= 0.6 is 0 Å². The normalized spacial score (nSPS) is 18.7. The molecule has 134 valence electrons. The van der Waals surface area contributed by atoms with Gasteiger partial charge in [0.15, 0.2) is 0 Å². The molecule has 0 N–H and O–H groups in total. The molecule has 1 aliphatic heterocycles. The fourth-order valence-corrected chi connectivity index (χ4v) is 2.65. The van der Waals surface area contributed by atoms with Crippen LogP contribution < -0.4 is 0 Å². The lowest BCUT2D eigenvalue weighted by Gasteiger charge is -2.34. The van der Waals surface area contributed by atoms with Crippen molar-refractivity contribution in [1.29, 1.82) is 0 Å². The first-order valence-corrected chi connectivity index (χ1v) is 8.05. The van der Waals surface area contributed by atoms with Gasteiger partial charge in [-0.05, 0) is 26.2 Å². The van der Waals surface area contributed by atoms with Crippen LogP contribution in [0.4, 0.5) is 18.0 Å². The van der Waals surface area contributed by atoms with Crippen molar-refractivity contribution in [3.8, 4) is 0 Å². The standard InChI is InChI=1S/C15H25F3N2O3/c1-3-5-8-20(11-15(16,17)18)13(21)12-7-6-9-19(10-12)14(22)23-4-2/h12H,3-11H2,1-2H3. The highest BCUT2D eigenvalue weighted by molar-refractivity contribution is 5.80. The van der Waals surface area contributed by atoms with Crippen LogP contribution in [0.1, 0.15) is 39.5 Å². The van der Waals surface area contributed by atoms with E-state index in [0.29, 0.717) is 32.2 Å². The van der Waals surface area contributed by atoms with E-state index in [9.17, 15) is 22.8 Å². The van der Waals surface area contributed by atoms with Crippen LogP contribution in [0.3, 0.4) is 0 Å². The van der Waals surface area contributed by atoms with Crippen molar-refractivity contribution in [2.45, 2.75) is 45.7 Å². The Morgan fingerprint density at radius 3 is 2.57 bits per heavy atom. The maximum Gasteiger partial charge on any atom is 0.409 e. The number of amides is 2. The van der Waals surface area contributed by atoms with E-state index >= 15 is 0 Å². The van der Waals surface area contributed by atoms with Crippen molar-refractivity contribution in [2.75, 3.05) is 32.8 Å². The number of piperidine rings is 1. The van der Waals surface area contributed by atoms with Gasteiger partial charge in [-0.3, -0.25) is 4.79 Å². The topological polar surface area (TPSA) is 49.9 Å². The van der Waals surface area contributed by atoms with E-state index < -0.39 is 30.6 Å². The van der Waals surface area contributed by atoms with Crippen LogP contribution in [0, 0.1) is 5.92 Å². The molecule has 1 fully saturated rings. The van der Waals surface area contributed by atoms with Gasteiger partial charge in [0.05, 0.1) is 12.5 Å². The number of nitrogens with zero attached hydrogens (tertiary/aromatic N) is 2. The summed E-state index contributed by atoms with van der Waals surface area (Å²) in [7, 11) is 0. The summed E-state index contributed by atoms with van der Waals surface area (Å²) in [6.45, 7) is 3.21. The van der Waals surface area contributed by atoms with E-state index in [-0.39, 0.29) is 19.7 Å². The summed E-state index contributed by atoms with van der Waals surface area (Å²) in [5.74, 6) is -1.11. The second-order valence-corrected chi connectivity index (χ2v) is 5.71. The Balaban J connectivity index is 2.71. The Morgan fingerprint density at radius 2 is 2.00 bits per heavy atom. The SMILES string of the molecule is CCCCN(CC(F)(F)F)C(=O)C1CCCN(C(=O)OCC)C1. The quantitative estimate of drug-likeness (QED) is 0.748. The van der Waals surface area contributed by atoms with E-state index in [4.69, 9.17) is 4.74 Å². The van der Waals surface area contributed by atoms with Gasteiger partial charge in [-0.2, -0.15) is 13.2 Å². The molecule has 1 saturated heterocycles. The summed E-state index contributed by atoms with van der Waals surface area (Å²) in [6, 6.07) is 0. The molecule has 1 unspecified atom stereocenters. The molecule has 0 spiro atoms. The van der Waals surface area contributed by atoms with E-state index in [0.717, 1.165) is 4.90 Å². The lowest BCUT2D eigenvalue weighted by atomic mass is 9.96. The first kappa shape index (κ1) is 19.6. The average molecular weight is 338 g/mol. The monoisotopic (exact) mass is 338 g/mol. The molecule has 0 bridgehead atoms. The van der Waals surface area contributed by atoms with Gasteiger partial charge in [0.1, 0.15) is 6.54 Å². The van der Waals surface area contributed by atoms with Crippen LogP contribution in [-0.2, 0) is 9.53 Å². The maximum absolute atomic E-state index is 12.7. The fraction of sp³-hybridized carbons (Fsp3) is 0.867. The highest BCUT2D eigenvalue weighted by Crippen LogP contribution is 2.23. The van der Waals surface area contributed by atoms with E-state index in [1.165, 1.54) is 4.90 Å². The van der Waals surface area contributed by atoms with Crippen molar-refractivity contribution in [3.63, 3.8) is 0 Å². The zero-order chi connectivity index (χ0) is 17.5. The van der Waals surface area contributed by atoms with Crippen LogP contribution in [0.5, 0.6) is 0 Å². The van der Waals surface area contributed by atoms with Crippen LogP contribution in [-0.4, -0.2) is 60.8 Å². The van der Waals surface area contributed by atoms with E-state index in [1.807, 2.05) is 6.92 Å². The molecular formula is C15H25F3N2O3. The minimum Gasteiger partial charge on any atom is -0.450 e. The second-order valence-electron chi connectivity index (χ2n) is 5.71. The van der Waals surface area contributed by atoms with Gasteiger partial charge >= 0.3 is 12.3 Å². The Bertz CT molecular complexity index is 402. The minimum absolute atomic E-state index is 0.0880. The molecule has 1 heterocycles. The highest BCUT2D eigenvalue weighted by atomic mass is 19.4. The molecule has 5 nitrogen and oxygen atoms in total. The number of unbranched alkanes of at least 4 members (excludes halogenated alkanes) is 1. The van der Waals surface area contributed by atoms with Crippen LogP contribution in [0.15, 0.2) is 0 Å². The molecule has 0 aromatic carbocycles. The zero-order valence-corrected chi connectivity index (χ0v) is 13.7. The molecule has 0 aromatic heterocycles. The van der Waals surface area contributed by atoms with Gasteiger partial charge in [-0.15, -0.1) is 0 Å². The number of hydrogen-bond acceptors (Lipinski definition) is 3. The van der Waals surface area contributed by atoms with Crippen molar-refractivity contribution in [1.82, 2.24) is 9.80 Å². The lowest BCUT2D eigenvalue weighted by Crippen LogP contribution is -2.49. The summed E-state index contributed by atoms with van der Waals surface area (Å²) in [5.41, 5.74) is 0. The molecule has 0 aromatic rings. The summed E-state index contributed by atoms with van der Waals surface area (Å²) >= 11 is 0. The fourth-order valence-electron chi connectivity index (χ4n) is 2.65. The second kappa shape index (κ2) is 8.98. The molecule has 0 saturated carbocycles. The zero-order valence-electron chi connectivity index (χ0n) is 13.7. The third-order valence-electron chi connectivity index (χ3n) is 3.76. The molecule has 23 heavy (non-hydrogen) atoms. The van der Waals surface area contributed by atoms with Crippen LogP contribution in [0.2, 0.25) is 0 Å². The third-order valence-corrected chi connectivity index (χ3v) is 3.76. The molecule has 0 aliphatic carbocycles. The third kappa shape index (κ3) is 6.66. The largest absolute Gasteiger partial charge is 0.450 e. The number of carbonyl (C=O) groups is 2. The van der Waals surface area contributed by atoms with E-state index in [2.05, 4.69) is 0 Å². The summed E-state index contributed by atoms with van der Waals surface area (Å²) < 4.78 is 43.0. The Hall–Kier alpha value is -1.47. The van der Waals surface area contributed by atoms with Gasteiger partial charge in [-0.1, -0.05) is 13.3 Å². The summed E-state index contributed by atoms with van der Waals surface area (Å²) in [6.07, 6.45) is -2.62. The highest BCUT2D eigenvalue weighted by Gasteiger charge is 2.37. The predicted molar refractivity (Wildman–Crippen MR) is 78.9 cm³/mol. The molecule has 8 heteroatoms. The summed E-state index contributed by atoms with van der Waals surface area (Å²) in [5, 5.41) is 0. The Morgan fingerprint density at radius 1 is 1.30 bits per heavy atom. The first-order chi connectivity index (χ1) is 10.8. The number of likely N-dealkylation sites (tertiary alicyclic amines) is 1. The molecule has 0 radical (unpaired) electrons. The van der Waals surface area contributed by atoms with Gasteiger partial charge in [0, 0.05) is 19.6 Å².